The molecule has 1 aliphatic rings. The minimum absolute atomic E-state index is 0.00587. The van der Waals surface area contributed by atoms with Crippen LogP contribution in [0.3, 0.4) is 0 Å². The van der Waals surface area contributed by atoms with Crippen LogP contribution in [0.2, 0.25) is 0 Å². The molecular formula is C14H22N2O3S2. The fourth-order valence-electron chi connectivity index (χ4n) is 2.61. The van der Waals surface area contributed by atoms with Gasteiger partial charge < -0.3 is 10.5 Å². The quantitative estimate of drug-likeness (QED) is 0.830. The van der Waals surface area contributed by atoms with Gasteiger partial charge in [-0.2, -0.15) is 11.8 Å². The summed E-state index contributed by atoms with van der Waals surface area (Å²) in [4.78, 5) is 0.176. The Hall–Kier alpha value is -0.760. The van der Waals surface area contributed by atoms with Crippen LogP contribution in [0.25, 0.3) is 0 Å². The van der Waals surface area contributed by atoms with E-state index in [1.807, 2.05) is 0 Å². The van der Waals surface area contributed by atoms with Crippen LogP contribution in [0.1, 0.15) is 24.8 Å². The molecule has 1 fully saturated rings. The van der Waals surface area contributed by atoms with Gasteiger partial charge in [0.15, 0.2) is 0 Å². The maximum absolute atomic E-state index is 12.5. The van der Waals surface area contributed by atoms with Gasteiger partial charge in [-0.25, -0.2) is 13.1 Å². The Morgan fingerprint density at radius 3 is 2.76 bits per heavy atom. The van der Waals surface area contributed by atoms with Crippen molar-refractivity contribution in [3.63, 3.8) is 0 Å². The van der Waals surface area contributed by atoms with Gasteiger partial charge in [0.25, 0.3) is 0 Å². The first-order valence-corrected chi connectivity index (χ1v) is 9.69. The van der Waals surface area contributed by atoms with Crippen molar-refractivity contribution in [2.45, 2.75) is 42.0 Å². The second kappa shape index (κ2) is 7.00. The van der Waals surface area contributed by atoms with Gasteiger partial charge in [-0.15, -0.1) is 0 Å². The van der Waals surface area contributed by atoms with Crippen LogP contribution < -0.4 is 15.2 Å². The average Bonchev–Trinajstić information content (AvgIpc) is 2.93. The van der Waals surface area contributed by atoms with Crippen LogP contribution in [0.15, 0.2) is 23.1 Å². The normalized spacial score (nSPS) is 22.4. The van der Waals surface area contributed by atoms with Crippen LogP contribution in [0, 0.1) is 0 Å². The summed E-state index contributed by atoms with van der Waals surface area (Å²) in [5.74, 6) is 0.338. The molecule has 0 heterocycles. The Morgan fingerprint density at radius 1 is 1.43 bits per heavy atom. The molecule has 0 bridgehead atoms. The maximum Gasteiger partial charge on any atom is 0.244 e. The molecule has 1 aliphatic carbocycles. The Bertz CT molecular complexity index is 590. The highest BCUT2D eigenvalue weighted by Gasteiger charge is 2.29. The monoisotopic (exact) mass is 330 g/mol. The lowest BCUT2D eigenvalue weighted by molar-refractivity contribution is 0.401. The van der Waals surface area contributed by atoms with Crippen molar-refractivity contribution in [1.29, 1.82) is 0 Å². The Balaban J connectivity index is 2.19. The molecule has 2 unspecified atom stereocenters. The van der Waals surface area contributed by atoms with E-state index in [1.54, 1.807) is 30.0 Å². The standard InChI is InChI=1S/C14H22N2O3S2/c1-19-13-7-10(9-15)3-6-14(13)21(17,18)16-11-4-5-12(8-11)20-2/h3,6-7,11-12,16H,4-5,8-9,15H2,1-2H3. The van der Waals surface area contributed by atoms with Gasteiger partial charge in [0.05, 0.1) is 7.11 Å². The zero-order valence-electron chi connectivity index (χ0n) is 12.3. The first kappa shape index (κ1) is 16.6. The smallest absolute Gasteiger partial charge is 0.244 e. The summed E-state index contributed by atoms with van der Waals surface area (Å²) < 4.78 is 33.1. The molecule has 1 saturated carbocycles. The third-order valence-corrected chi connectivity index (χ3v) is 6.45. The highest BCUT2D eigenvalue weighted by atomic mass is 32.2. The van der Waals surface area contributed by atoms with E-state index in [9.17, 15) is 8.42 Å². The summed E-state index contributed by atoms with van der Waals surface area (Å²) >= 11 is 1.80. The molecule has 0 radical (unpaired) electrons. The van der Waals surface area contributed by atoms with Crippen molar-refractivity contribution < 1.29 is 13.2 Å². The molecule has 1 aromatic carbocycles. The fraction of sp³-hybridized carbons (Fsp3) is 0.571. The van der Waals surface area contributed by atoms with Crippen molar-refractivity contribution in [1.82, 2.24) is 4.72 Å². The number of hydrogen-bond acceptors (Lipinski definition) is 5. The molecule has 21 heavy (non-hydrogen) atoms. The number of methoxy groups -OCH3 is 1. The molecule has 0 spiro atoms. The minimum atomic E-state index is -3.57. The third-order valence-electron chi connectivity index (χ3n) is 3.79. The van der Waals surface area contributed by atoms with Gasteiger partial charge in [-0.1, -0.05) is 6.07 Å². The second-order valence-electron chi connectivity index (χ2n) is 5.18. The van der Waals surface area contributed by atoms with E-state index in [2.05, 4.69) is 11.0 Å². The van der Waals surface area contributed by atoms with E-state index in [0.29, 0.717) is 17.5 Å². The number of rotatable bonds is 6. The van der Waals surface area contributed by atoms with Crippen molar-refractivity contribution >= 4 is 21.8 Å². The fourth-order valence-corrected chi connectivity index (χ4v) is 4.84. The van der Waals surface area contributed by atoms with Crippen LogP contribution in [-0.2, 0) is 16.6 Å². The van der Waals surface area contributed by atoms with Gasteiger partial charge in [0, 0.05) is 17.8 Å². The molecule has 3 N–H and O–H groups in total. The largest absolute Gasteiger partial charge is 0.495 e. The molecule has 2 rings (SSSR count). The van der Waals surface area contributed by atoms with E-state index in [-0.39, 0.29) is 10.9 Å². The Labute approximate surface area is 130 Å². The van der Waals surface area contributed by atoms with Crippen LogP contribution in [0.4, 0.5) is 0 Å². The summed E-state index contributed by atoms with van der Waals surface area (Å²) in [6.07, 6.45) is 4.88. The number of thioether (sulfide) groups is 1. The van der Waals surface area contributed by atoms with Crippen molar-refractivity contribution in [3.8, 4) is 5.75 Å². The topological polar surface area (TPSA) is 81.4 Å². The predicted octanol–water partition coefficient (Wildman–Crippen LogP) is 1.72. The van der Waals surface area contributed by atoms with Gasteiger partial charge in [-0.05, 0) is 43.2 Å². The van der Waals surface area contributed by atoms with E-state index < -0.39 is 10.0 Å². The Morgan fingerprint density at radius 2 is 2.19 bits per heavy atom. The first-order valence-electron chi connectivity index (χ1n) is 6.92. The molecule has 0 aliphatic heterocycles. The van der Waals surface area contributed by atoms with Gasteiger partial charge in [-0.3, -0.25) is 0 Å². The summed E-state index contributed by atoms with van der Waals surface area (Å²) in [5, 5.41) is 0.541. The molecule has 7 heteroatoms. The maximum atomic E-state index is 12.5. The van der Waals surface area contributed by atoms with Gasteiger partial charge in [0.1, 0.15) is 10.6 Å². The molecule has 0 aromatic heterocycles. The SMILES string of the molecule is COc1cc(CN)ccc1S(=O)(=O)NC1CCC(SC)C1. The number of sulfonamides is 1. The molecule has 0 amide bonds. The average molecular weight is 330 g/mol. The highest BCUT2D eigenvalue weighted by molar-refractivity contribution is 7.99. The van der Waals surface area contributed by atoms with Crippen LogP contribution >= 0.6 is 11.8 Å². The number of nitrogens with two attached hydrogens (primary N) is 1. The molecule has 1 aromatic rings. The lowest BCUT2D eigenvalue weighted by Gasteiger charge is -2.16. The number of benzene rings is 1. The molecule has 5 nitrogen and oxygen atoms in total. The zero-order chi connectivity index (χ0) is 15.5. The molecular weight excluding hydrogens is 308 g/mol. The van der Waals surface area contributed by atoms with Gasteiger partial charge >= 0.3 is 0 Å². The first-order chi connectivity index (χ1) is 10.00. The lowest BCUT2D eigenvalue weighted by atomic mass is 10.2. The van der Waals surface area contributed by atoms with Crippen LogP contribution in [0.5, 0.6) is 5.75 Å². The summed E-state index contributed by atoms with van der Waals surface area (Å²) in [7, 11) is -2.10. The molecule has 0 saturated heterocycles. The number of ether oxygens (including phenoxy) is 1. The van der Waals surface area contributed by atoms with Gasteiger partial charge in [0.2, 0.25) is 10.0 Å². The second-order valence-corrected chi connectivity index (χ2v) is 8.00. The highest BCUT2D eigenvalue weighted by Crippen LogP contribution is 2.30. The third kappa shape index (κ3) is 3.91. The van der Waals surface area contributed by atoms with E-state index >= 15 is 0 Å². The Kier molecular flexibility index (Phi) is 5.54. The number of nitrogens with one attached hydrogen (secondary N) is 1. The number of hydrogen-bond donors (Lipinski definition) is 2. The van der Waals surface area contributed by atoms with E-state index in [0.717, 1.165) is 24.8 Å². The molecule has 2 atom stereocenters. The molecule has 118 valence electrons. The minimum Gasteiger partial charge on any atom is -0.495 e. The van der Waals surface area contributed by atoms with E-state index in [4.69, 9.17) is 10.5 Å². The van der Waals surface area contributed by atoms with Crippen molar-refractivity contribution in [2.75, 3.05) is 13.4 Å². The van der Waals surface area contributed by atoms with E-state index in [1.165, 1.54) is 7.11 Å². The van der Waals surface area contributed by atoms with Crippen LogP contribution in [-0.4, -0.2) is 33.1 Å². The van der Waals surface area contributed by atoms with Crippen molar-refractivity contribution in [2.24, 2.45) is 5.73 Å². The lowest BCUT2D eigenvalue weighted by Crippen LogP contribution is -2.33. The summed E-state index contributed by atoms with van der Waals surface area (Å²) in [5.41, 5.74) is 6.41. The summed E-state index contributed by atoms with van der Waals surface area (Å²) in [6.45, 7) is 0.349. The summed E-state index contributed by atoms with van der Waals surface area (Å²) in [6, 6.07) is 4.96. The van der Waals surface area contributed by atoms with Crippen molar-refractivity contribution in [3.05, 3.63) is 23.8 Å². The zero-order valence-corrected chi connectivity index (χ0v) is 14.0. The predicted molar refractivity (Wildman–Crippen MR) is 86.1 cm³/mol.